The van der Waals surface area contributed by atoms with Gasteiger partial charge in [0, 0.05) is 19.0 Å². The number of hydrogen-bond acceptors (Lipinski definition) is 1. The third-order valence-electron chi connectivity index (χ3n) is 2.15. The molecule has 1 aliphatic heterocycles. The van der Waals surface area contributed by atoms with Crippen molar-refractivity contribution >= 4 is 0 Å². The lowest BCUT2D eigenvalue weighted by Crippen LogP contribution is -2.40. The lowest BCUT2D eigenvalue weighted by molar-refractivity contribution is -0.132. The maximum absolute atomic E-state index is 13.0. The van der Waals surface area contributed by atoms with Crippen LogP contribution in [0.15, 0.2) is 0 Å². The first-order valence-corrected chi connectivity index (χ1v) is 5.08. The number of nitrogens with zero attached hydrogens (tertiary/aromatic N) is 1. The van der Waals surface area contributed by atoms with Gasteiger partial charge in [0.05, 0.1) is 0 Å². The molecule has 13 heavy (non-hydrogen) atoms. The van der Waals surface area contributed by atoms with Crippen molar-refractivity contribution in [1.29, 1.82) is 0 Å². The van der Waals surface area contributed by atoms with E-state index in [1.165, 1.54) is 4.90 Å². The summed E-state index contributed by atoms with van der Waals surface area (Å²) in [5, 5.41) is 0. The Labute approximate surface area is 80.1 Å². The highest BCUT2D eigenvalue weighted by Crippen LogP contribution is 2.36. The number of likely N-dealkylation sites (tertiary alicyclic amines) is 1. The lowest BCUT2D eigenvalue weighted by atomic mass is 10.1. The van der Waals surface area contributed by atoms with Crippen LogP contribution in [-0.4, -0.2) is 23.5 Å². The van der Waals surface area contributed by atoms with Crippen LogP contribution in [0.2, 0.25) is 0 Å². The topological polar surface area (TPSA) is 3.24 Å². The van der Waals surface area contributed by atoms with Crippen LogP contribution < -0.4 is 0 Å². The fourth-order valence-electron chi connectivity index (χ4n) is 1.66. The molecule has 1 unspecified atom stereocenters. The van der Waals surface area contributed by atoms with Crippen molar-refractivity contribution in [2.75, 3.05) is 6.54 Å². The van der Waals surface area contributed by atoms with Crippen molar-refractivity contribution < 1.29 is 8.78 Å². The molecule has 1 nitrogen and oxygen atoms in total. The molecule has 1 saturated heterocycles. The van der Waals surface area contributed by atoms with E-state index in [2.05, 4.69) is 0 Å². The molecule has 0 aliphatic carbocycles. The van der Waals surface area contributed by atoms with E-state index in [0.29, 0.717) is 6.54 Å². The van der Waals surface area contributed by atoms with E-state index >= 15 is 0 Å². The van der Waals surface area contributed by atoms with Gasteiger partial charge in [0.2, 0.25) is 0 Å². The maximum atomic E-state index is 13.0. The molecule has 0 radical (unpaired) electrons. The van der Waals surface area contributed by atoms with E-state index in [1.807, 2.05) is 34.6 Å². The van der Waals surface area contributed by atoms with Crippen molar-refractivity contribution in [2.24, 2.45) is 5.92 Å². The molecule has 1 aliphatic rings. The Balaban J connectivity index is 0.000000671. The molecule has 3 heteroatoms. The van der Waals surface area contributed by atoms with Gasteiger partial charge in [0.25, 0.3) is 0 Å². The molecule has 0 aromatic rings. The van der Waals surface area contributed by atoms with Gasteiger partial charge in [-0.2, -0.15) is 8.78 Å². The van der Waals surface area contributed by atoms with Gasteiger partial charge in [-0.1, -0.05) is 20.8 Å². The van der Waals surface area contributed by atoms with Crippen LogP contribution in [-0.2, 0) is 0 Å². The Morgan fingerprint density at radius 3 is 1.92 bits per heavy atom. The van der Waals surface area contributed by atoms with E-state index in [9.17, 15) is 8.78 Å². The molecule has 0 N–H and O–H groups in total. The van der Waals surface area contributed by atoms with Crippen LogP contribution in [0.3, 0.4) is 0 Å². The molecule has 0 saturated carbocycles. The van der Waals surface area contributed by atoms with Gasteiger partial charge in [-0.25, -0.2) is 4.90 Å². The van der Waals surface area contributed by atoms with Crippen LogP contribution in [0, 0.1) is 5.92 Å². The minimum atomic E-state index is -2.56. The Bertz CT molecular complexity index is 146. The van der Waals surface area contributed by atoms with Crippen molar-refractivity contribution in [3.63, 3.8) is 0 Å². The predicted molar refractivity (Wildman–Crippen MR) is 51.9 cm³/mol. The molecule has 1 atom stereocenters. The van der Waals surface area contributed by atoms with Gasteiger partial charge in [0.1, 0.15) is 0 Å². The molecular weight excluding hydrogens is 172 g/mol. The molecule has 0 aromatic heterocycles. The largest absolute Gasteiger partial charge is 0.305 e. The average Bonchev–Trinajstić information content (AvgIpc) is 2.28. The zero-order valence-electron chi connectivity index (χ0n) is 9.27. The summed E-state index contributed by atoms with van der Waals surface area (Å²) < 4.78 is 26.1. The summed E-state index contributed by atoms with van der Waals surface area (Å²) >= 11 is 0. The zero-order chi connectivity index (χ0) is 10.6. The van der Waals surface area contributed by atoms with Crippen molar-refractivity contribution in [1.82, 2.24) is 4.90 Å². The number of alkyl halides is 2. The van der Waals surface area contributed by atoms with Gasteiger partial charge in [0.15, 0.2) is 0 Å². The quantitative estimate of drug-likeness (QED) is 0.577. The van der Waals surface area contributed by atoms with Gasteiger partial charge < -0.3 is 0 Å². The Morgan fingerprint density at radius 1 is 1.31 bits per heavy atom. The van der Waals surface area contributed by atoms with Crippen LogP contribution in [0.1, 0.15) is 41.0 Å². The fourth-order valence-corrected chi connectivity index (χ4v) is 1.66. The summed E-state index contributed by atoms with van der Waals surface area (Å²) in [5.74, 6) is 0.132. The first kappa shape index (κ1) is 12.8. The zero-order valence-corrected chi connectivity index (χ0v) is 9.27. The monoisotopic (exact) mass is 193 g/mol. The minimum absolute atomic E-state index is 0.0190. The Morgan fingerprint density at radius 2 is 1.77 bits per heavy atom. The molecule has 1 fully saturated rings. The average molecular weight is 193 g/mol. The first-order valence-electron chi connectivity index (χ1n) is 5.08. The van der Waals surface area contributed by atoms with E-state index < -0.39 is 6.05 Å². The maximum Gasteiger partial charge on any atom is 0.305 e. The summed E-state index contributed by atoms with van der Waals surface area (Å²) in [6, 6.07) is -2.61. The number of halogens is 2. The fraction of sp³-hybridized carbons (Fsp3) is 1.00. The Kier molecular flexibility index (Phi) is 4.82. The summed E-state index contributed by atoms with van der Waals surface area (Å²) in [5.41, 5.74) is 0. The van der Waals surface area contributed by atoms with Gasteiger partial charge in [-0.05, 0) is 19.8 Å². The number of hydrogen-bond donors (Lipinski definition) is 0. The van der Waals surface area contributed by atoms with Crippen LogP contribution in [0.4, 0.5) is 8.78 Å². The van der Waals surface area contributed by atoms with E-state index in [4.69, 9.17) is 0 Å². The van der Waals surface area contributed by atoms with Gasteiger partial charge >= 0.3 is 6.05 Å². The molecule has 0 bridgehead atoms. The molecule has 1 rings (SSSR count). The molecular formula is C10H21F2N. The number of rotatable bonds is 1. The summed E-state index contributed by atoms with van der Waals surface area (Å²) in [7, 11) is 0. The first-order chi connectivity index (χ1) is 5.93. The smallest absolute Gasteiger partial charge is 0.242 e. The lowest BCUT2D eigenvalue weighted by Gasteiger charge is -2.27. The third-order valence-corrected chi connectivity index (χ3v) is 2.15. The van der Waals surface area contributed by atoms with E-state index in [-0.39, 0.29) is 18.4 Å². The van der Waals surface area contributed by atoms with Crippen LogP contribution in [0.25, 0.3) is 0 Å². The van der Waals surface area contributed by atoms with Crippen molar-refractivity contribution in [3.8, 4) is 0 Å². The van der Waals surface area contributed by atoms with Crippen molar-refractivity contribution in [3.05, 3.63) is 0 Å². The van der Waals surface area contributed by atoms with E-state index in [0.717, 1.165) is 0 Å². The highest BCUT2D eigenvalue weighted by molar-refractivity contribution is 4.84. The standard InChI is InChI=1S/C8H15F2N.C2H6/c1-6(2)11-5-7(3)4-8(11,9)10;1-2/h6-7H,4-5H2,1-3H3;1-2H3. The molecule has 1 heterocycles. The second kappa shape index (κ2) is 4.89. The molecule has 0 amide bonds. The van der Waals surface area contributed by atoms with E-state index in [1.54, 1.807) is 0 Å². The molecule has 80 valence electrons. The van der Waals surface area contributed by atoms with Gasteiger partial charge in [-0.3, -0.25) is 0 Å². The summed E-state index contributed by atoms with van der Waals surface area (Å²) in [6.07, 6.45) is 0.0190. The van der Waals surface area contributed by atoms with Crippen LogP contribution >= 0.6 is 0 Å². The van der Waals surface area contributed by atoms with Crippen molar-refractivity contribution in [2.45, 2.75) is 53.1 Å². The highest BCUT2D eigenvalue weighted by atomic mass is 19.3. The molecule has 0 spiro atoms. The predicted octanol–water partition coefficient (Wildman–Crippen LogP) is 3.36. The normalized spacial score (nSPS) is 27.2. The SMILES string of the molecule is CC.CC1CN(C(C)C)C(F)(F)C1. The minimum Gasteiger partial charge on any atom is -0.242 e. The second-order valence-corrected chi connectivity index (χ2v) is 3.72. The highest BCUT2D eigenvalue weighted by Gasteiger charge is 2.46. The van der Waals surface area contributed by atoms with Gasteiger partial charge in [-0.15, -0.1) is 0 Å². The summed E-state index contributed by atoms with van der Waals surface area (Å²) in [4.78, 5) is 1.28. The second-order valence-electron chi connectivity index (χ2n) is 3.72. The van der Waals surface area contributed by atoms with Crippen LogP contribution in [0.5, 0.6) is 0 Å². The third kappa shape index (κ3) is 3.22. The summed E-state index contributed by atoms with van der Waals surface area (Å²) in [6.45, 7) is 10.0. The molecule has 0 aromatic carbocycles. The Hall–Kier alpha value is -0.180.